The summed E-state index contributed by atoms with van der Waals surface area (Å²) in [6.45, 7) is 7.81. The highest BCUT2D eigenvalue weighted by atomic mass is 16.3. The van der Waals surface area contributed by atoms with Gasteiger partial charge in [0.15, 0.2) is 0 Å². The molecule has 0 aliphatic heterocycles. The summed E-state index contributed by atoms with van der Waals surface area (Å²) in [5.74, 6) is 0.191. The molecule has 1 rings (SSSR count). The van der Waals surface area contributed by atoms with Crippen LogP contribution >= 0.6 is 0 Å². The van der Waals surface area contributed by atoms with Crippen LogP contribution in [0.15, 0.2) is 18.5 Å². The summed E-state index contributed by atoms with van der Waals surface area (Å²) in [6.07, 6.45) is 3.52. The first-order valence-corrected chi connectivity index (χ1v) is 4.59. The van der Waals surface area contributed by atoms with Crippen molar-refractivity contribution in [3.8, 4) is 0 Å². The lowest BCUT2D eigenvalue weighted by Gasteiger charge is -2.28. The van der Waals surface area contributed by atoms with Crippen molar-refractivity contribution >= 4 is 0 Å². The summed E-state index contributed by atoms with van der Waals surface area (Å²) >= 11 is 0. The molecule has 0 saturated heterocycles. The molecular formula is C11H17NO. The lowest BCUT2D eigenvalue weighted by molar-refractivity contribution is 0.00868. The molecule has 0 radical (unpaired) electrons. The third-order valence-electron chi connectivity index (χ3n) is 2.58. The second-order valence-electron chi connectivity index (χ2n) is 4.05. The van der Waals surface area contributed by atoms with E-state index in [9.17, 15) is 5.11 Å². The fourth-order valence-electron chi connectivity index (χ4n) is 1.17. The van der Waals surface area contributed by atoms with Gasteiger partial charge in [-0.25, -0.2) is 0 Å². The first-order valence-electron chi connectivity index (χ1n) is 4.59. The molecule has 0 saturated carbocycles. The van der Waals surface area contributed by atoms with Gasteiger partial charge in [-0.2, -0.15) is 0 Å². The van der Waals surface area contributed by atoms with Crippen molar-refractivity contribution in [1.82, 2.24) is 4.98 Å². The Hall–Kier alpha value is -0.890. The van der Waals surface area contributed by atoms with Crippen LogP contribution in [0, 0.1) is 12.8 Å². The Balaban J connectivity index is 3.07. The minimum atomic E-state index is -0.779. The molecule has 13 heavy (non-hydrogen) atoms. The largest absolute Gasteiger partial charge is 0.385 e. The van der Waals surface area contributed by atoms with E-state index in [1.54, 1.807) is 12.4 Å². The summed E-state index contributed by atoms with van der Waals surface area (Å²) in [5, 5.41) is 10.1. The highest BCUT2D eigenvalue weighted by Gasteiger charge is 2.27. The molecule has 1 N–H and O–H groups in total. The highest BCUT2D eigenvalue weighted by molar-refractivity contribution is 5.22. The number of pyridine rings is 1. The van der Waals surface area contributed by atoms with Gasteiger partial charge in [-0.3, -0.25) is 4.98 Å². The van der Waals surface area contributed by atoms with Crippen molar-refractivity contribution in [2.45, 2.75) is 33.3 Å². The minimum absolute atomic E-state index is 0.191. The number of hydrogen-bond donors (Lipinski definition) is 1. The van der Waals surface area contributed by atoms with Crippen molar-refractivity contribution in [3.63, 3.8) is 0 Å². The number of aliphatic hydroxyl groups is 1. The van der Waals surface area contributed by atoms with Crippen molar-refractivity contribution in [3.05, 3.63) is 29.6 Å². The van der Waals surface area contributed by atoms with Gasteiger partial charge in [0.2, 0.25) is 0 Å². The van der Waals surface area contributed by atoms with Gasteiger partial charge < -0.3 is 5.11 Å². The van der Waals surface area contributed by atoms with E-state index >= 15 is 0 Å². The third-order valence-corrected chi connectivity index (χ3v) is 2.58. The second kappa shape index (κ2) is 3.46. The summed E-state index contributed by atoms with van der Waals surface area (Å²) in [7, 11) is 0. The number of aryl methyl sites for hydroxylation is 1. The molecule has 0 aliphatic rings. The van der Waals surface area contributed by atoms with E-state index in [1.807, 2.05) is 33.8 Å². The Morgan fingerprint density at radius 2 is 2.00 bits per heavy atom. The molecule has 1 atom stereocenters. The van der Waals surface area contributed by atoms with Gasteiger partial charge in [-0.1, -0.05) is 19.9 Å². The van der Waals surface area contributed by atoms with Crippen LogP contribution in [0.25, 0.3) is 0 Å². The van der Waals surface area contributed by atoms with Crippen LogP contribution in [0.4, 0.5) is 0 Å². The summed E-state index contributed by atoms with van der Waals surface area (Å²) < 4.78 is 0. The monoisotopic (exact) mass is 179 g/mol. The molecule has 2 nitrogen and oxygen atoms in total. The molecule has 0 amide bonds. The van der Waals surface area contributed by atoms with Gasteiger partial charge in [0.25, 0.3) is 0 Å². The Kier molecular flexibility index (Phi) is 2.71. The van der Waals surface area contributed by atoms with Gasteiger partial charge in [0, 0.05) is 18.0 Å². The molecule has 0 fully saturated rings. The molecule has 0 bridgehead atoms. The van der Waals surface area contributed by atoms with Gasteiger partial charge in [0.05, 0.1) is 5.60 Å². The molecule has 0 aromatic carbocycles. The molecule has 2 heteroatoms. The second-order valence-corrected chi connectivity index (χ2v) is 4.05. The first-order chi connectivity index (χ1) is 5.94. The van der Waals surface area contributed by atoms with E-state index in [2.05, 4.69) is 4.98 Å². The van der Waals surface area contributed by atoms with E-state index in [4.69, 9.17) is 0 Å². The fraction of sp³-hybridized carbons (Fsp3) is 0.545. The Bertz CT molecular complexity index is 292. The zero-order valence-corrected chi connectivity index (χ0v) is 8.70. The van der Waals surface area contributed by atoms with E-state index in [1.165, 1.54) is 0 Å². The predicted molar refractivity (Wildman–Crippen MR) is 53.4 cm³/mol. The third kappa shape index (κ3) is 2.07. The Labute approximate surface area is 79.6 Å². The Morgan fingerprint density at radius 1 is 1.38 bits per heavy atom. The smallest absolute Gasteiger partial charge is 0.0906 e. The summed E-state index contributed by atoms with van der Waals surface area (Å²) in [4.78, 5) is 4.07. The highest BCUT2D eigenvalue weighted by Crippen LogP contribution is 2.28. The summed E-state index contributed by atoms with van der Waals surface area (Å²) in [5.41, 5.74) is 1.19. The zero-order valence-electron chi connectivity index (χ0n) is 8.70. The number of aromatic nitrogens is 1. The van der Waals surface area contributed by atoms with Gasteiger partial charge in [-0.15, -0.1) is 0 Å². The standard InChI is InChI=1S/C11H17NO/c1-8(2)11(4,13)10-5-9(3)6-12-7-10/h5-8,13H,1-4H3. The lowest BCUT2D eigenvalue weighted by Crippen LogP contribution is -2.28. The first kappa shape index (κ1) is 10.2. The normalized spacial score (nSPS) is 15.8. The van der Waals surface area contributed by atoms with E-state index in [-0.39, 0.29) is 5.92 Å². The van der Waals surface area contributed by atoms with Crippen molar-refractivity contribution in [2.75, 3.05) is 0 Å². The molecule has 72 valence electrons. The van der Waals surface area contributed by atoms with Crippen LogP contribution in [0.1, 0.15) is 31.9 Å². The molecule has 1 unspecified atom stereocenters. The lowest BCUT2D eigenvalue weighted by atomic mass is 9.86. The van der Waals surface area contributed by atoms with Crippen LogP contribution in [-0.2, 0) is 5.60 Å². The number of hydrogen-bond acceptors (Lipinski definition) is 2. The van der Waals surface area contributed by atoms with Gasteiger partial charge >= 0.3 is 0 Å². The Morgan fingerprint density at radius 3 is 2.46 bits per heavy atom. The maximum absolute atomic E-state index is 10.1. The van der Waals surface area contributed by atoms with Crippen molar-refractivity contribution in [2.24, 2.45) is 5.92 Å². The molecule has 0 aliphatic carbocycles. The maximum atomic E-state index is 10.1. The molecular weight excluding hydrogens is 162 g/mol. The minimum Gasteiger partial charge on any atom is -0.385 e. The van der Waals surface area contributed by atoms with Crippen molar-refractivity contribution < 1.29 is 5.11 Å². The van der Waals surface area contributed by atoms with Crippen LogP contribution < -0.4 is 0 Å². The van der Waals surface area contributed by atoms with E-state index in [0.29, 0.717) is 0 Å². The van der Waals surface area contributed by atoms with Gasteiger partial charge in [0.1, 0.15) is 0 Å². The summed E-state index contributed by atoms with van der Waals surface area (Å²) in [6, 6.07) is 1.98. The average Bonchev–Trinajstić information content (AvgIpc) is 2.04. The van der Waals surface area contributed by atoms with Gasteiger partial charge in [-0.05, 0) is 25.3 Å². The van der Waals surface area contributed by atoms with Crippen LogP contribution in [0.5, 0.6) is 0 Å². The number of rotatable bonds is 2. The van der Waals surface area contributed by atoms with E-state index in [0.717, 1.165) is 11.1 Å². The zero-order chi connectivity index (χ0) is 10.1. The topological polar surface area (TPSA) is 33.1 Å². The average molecular weight is 179 g/mol. The SMILES string of the molecule is Cc1cncc(C(C)(O)C(C)C)c1. The number of nitrogens with zero attached hydrogens (tertiary/aromatic N) is 1. The van der Waals surface area contributed by atoms with Crippen LogP contribution in [-0.4, -0.2) is 10.1 Å². The predicted octanol–water partition coefficient (Wildman–Crippen LogP) is 2.25. The van der Waals surface area contributed by atoms with E-state index < -0.39 is 5.60 Å². The maximum Gasteiger partial charge on any atom is 0.0906 e. The molecule has 1 aromatic heterocycles. The quantitative estimate of drug-likeness (QED) is 0.755. The van der Waals surface area contributed by atoms with Crippen LogP contribution in [0.2, 0.25) is 0 Å². The molecule has 1 heterocycles. The van der Waals surface area contributed by atoms with Crippen molar-refractivity contribution in [1.29, 1.82) is 0 Å². The molecule has 1 aromatic rings. The fourth-order valence-corrected chi connectivity index (χ4v) is 1.17. The van der Waals surface area contributed by atoms with Crippen LogP contribution in [0.3, 0.4) is 0 Å². The molecule has 0 spiro atoms.